The highest BCUT2D eigenvalue weighted by Crippen LogP contribution is 2.39. The summed E-state index contributed by atoms with van der Waals surface area (Å²) in [5.74, 6) is 1.23. The molecule has 0 aromatic carbocycles. The molecule has 138 valence electrons. The Morgan fingerprint density at radius 2 is 2.27 bits per heavy atom. The molecule has 4 heterocycles. The van der Waals surface area contributed by atoms with E-state index >= 15 is 0 Å². The van der Waals surface area contributed by atoms with E-state index in [9.17, 15) is 4.79 Å². The van der Waals surface area contributed by atoms with Crippen molar-refractivity contribution in [3.8, 4) is 5.88 Å². The van der Waals surface area contributed by atoms with Crippen LogP contribution < -0.4 is 4.74 Å². The first-order valence-corrected chi connectivity index (χ1v) is 9.90. The van der Waals surface area contributed by atoms with Gasteiger partial charge < -0.3 is 9.64 Å². The standard InChI is InChI=1S/C19H24N4O2S/c1-14-21-16(11-26-14)18(24)23-12-19(13-23)9-15(6-8-22(19)2)10-25-17-5-3-4-7-20-17/h3-5,7,11,15H,6,8-10,12-13H2,1-2H3. The zero-order valence-electron chi connectivity index (χ0n) is 15.2. The molecule has 0 aliphatic carbocycles. The Morgan fingerprint density at radius 1 is 1.42 bits per heavy atom. The fourth-order valence-corrected chi connectivity index (χ4v) is 4.58. The largest absolute Gasteiger partial charge is 0.477 e. The molecule has 2 saturated heterocycles. The number of likely N-dealkylation sites (N-methyl/N-ethyl adjacent to an activating group) is 1. The normalized spacial score (nSPS) is 22.2. The fraction of sp³-hybridized carbons (Fsp3) is 0.526. The minimum Gasteiger partial charge on any atom is -0.477 e. The number of carbonyl (C=O) groups is 1. The number of pyridine rings is 1. The van der Waals surface area contributed by atoms with Gasteiger partial charge in [0.25, 0.3) is 5.91 Å². The first-order valence-electron chi connectivity index (χ1n) is 9.02. The Hall–Kier alpha value is -1.99. The average Bonchev–Trinajstić information content (AvgIpc) is 3.06. The molecule has 1 atom stereocenters. The van der Waals surface area contributed by atoms with Gasteiger partial charge in [-0.25, -0.2) is 9.97 Å². The third-order valence-corrected chi connectivity index (χ3v) is 6.33. The molecule has 0 radical (unpaired) electrons. The lowest BCUT2D eigenvalue weighted by molar-refractivity contribution is -0.0697. The predicted molar refractivity (Wildman–Crippen MR) is 101 cm³/mol. The highest BCUT2D eigenvalue weighted by atomic mass is 32.1. The lowest BCUT2D eigenvalue weighted by Crippen LogP contribution is -2.72. The van der Waals surface area contributed by atoms with Crippen molar-refractivity contribution in [2.75, 3.05) is 33.3 Å². The van der Waals surface area contributed by atoms with Gasteiger partial charge in [-0.05, 0) is 45.3 Å². The molecule has 0 N–H and O–H groups in total. The number of hydrogen-bond acceptors (Lipinski definition) is 6. The molecule has 0 bridgehead atoms. The van der Waals surface area contributed by atoms with E-state index in [1.54, 1.807) is 6.20 Å². The molecule has 7 heteroatoms. The van der Waals surface area contributed by atoms with Crippen LogP contribution in [0.5, 0.6) is 5.88 Å². The van der Waals surface area contributed by atoms with Crippen LogP contribution in [0.25, 0.3) is 0 Å². The van der Waals surface area contributed by atoms with Crippen LogP contribution >= 0.6 is 11.3 Å². The van der Waals surface area contributed by atoms with Crippen LogP contribution in [0.2, 0.25) is 0 Å². The second-order valence-electron chi connectivity index (χ2n) is 7.40. The van der Waals surface area contributed by atoms with Gasteiger partial charge in [0.15, 0.2) is 0 Å². The predicted octanol–water partition coefficient (Wildman–Crippen LogP) is 2.46. The lowest BCUT2D eigenvalue weighted by Gasteiger charge is -2.58. The Balaban J connectivity index is 1.35. The average molecular weight is 372 g/mol. The van der Waals surface area contributed by atoms with Crippen LogP contribution in [-0.2, 0) is 0 Å². The third kappa shape index (κ3) is 3.33. The number of piperidine rings is 1. The number of carbonyl (C=O) groups excluding carboxylic acids is 1. The van der Waals surface area contributed by atoms with Crippen molar-refractivity contribution in [3.63, 3.8) is 0 Å². The Kier molecular flexibility index (Phi) is 4.67. The second kappa shape index (κ2) is 6.96. The first-order chi connectivity index (χ1) is 12.6. The maximum atomic E-state index is 12.6. The van der Waals surface area contributed by atoms with E-state index < -0.39 is 0 Å². The monoisotopic (exact) mass is 372 g/mol. The molecule has 1 amide bonds. The molecule has 6 nitrogen and oxygen atoms in total. The summed E-state index contributed by atoms with van der Waals surface area (Å²) in [5.41, 5.74) is 0.660. The summed E-state index contributed by atoms with van der Waals surface area (Å²) < 4.78 is 5.87. The number of likely N-dealkylation sites (tertiary alicyclic amines) is 2. The van der Waals surface area contributed by atoms with Crippen molar-refractivity contribution in [2.45, 2.75) is 25.3 Å². The van der Waals surface area contributed by atoms with E-state index in [0.29, 0.717) is 24.1 Å². The highest BCUT2D eigenvalue weighted by Gasteiger charge is 2.51. The van der Waals surface area contributed by atoms with Crippen molar-refractivity contribution in [1.29, 1.82) is 0 Å². The van der Waals surface area contributed by atoms with Gasteiger partial charge in [0.1, 0.15) is 5.69 Å². The molecule has 2 fully saturated rings. The quantitative estimate of drug-likeness (QED) is 0.825. The fourth-order valence-electron chi connectivity index (χ4n) is 3.99. The molecule has 4 rings (SSSR count). The molecule has 26 heavy (non-hydrogen) atoms. The van der Waals surface area contributed by atoms with E-state index in [1.807, 2.05) is 35.4 Å². The number of thiazole rings is 1. The molecule has 2 aliphatic heterocycles. The lowest BCUT2D eigenvalue weighted by atomic mass is 9.75. The number of ether oxygens (including phenoxy) is 1. The number of aromatic nitrogens is 2. The molecular formula is C19H24N4O2S. The Bertz CT molecular complexity index is 773. The molecule has 2 aromatic heterocycles. The van der Waals surface area contributed by atoms with Gasteiger partial charge in [-0.2, -0.15) is 0 Å². The summed E-state index contributed by atoms with van der Waals surface area (Å²) in [6.45, 7) is 5.21. The van der Waals surface area contributed by atoms with E-state index in [1.165, 1.54) is 11.3 Å². The minimum absolute atomic E-state index is 0.0558. The number of rotatable bonds is 4. The van der Waals surface area contributed by atoms with Gasteiger partial charge in [0.05, 0.1) is 17.2 Å². The van der Waals surface area contributed by atoms with Crippen molar-refractivity contribution in [1.82, 2.24) is 19.8 Å². The summed E-state index contributed by atoms with van der Waals surface area (Å²) in [5, 5.41) is 2.79. The number of hydrogen-bond donors (Lipinski definition) is 0. The topological polar surface area (TPSA) is 58.6 Å². The van der Waals surface area contributed by atoms with E-state index in [0.717, 1.165) is 37.5 Å². The van der Waals surface area contributed by atoms with Gasteiger partial charge in [0.2, 0.25) is 5.88 Å². The molecule has 1 spiro atoms. The van der Waals surface area contributed by atoms with Gasteiger partial charge >= 0.3 is 0 Å². The minimum atomic E-state index is 0.0558. The molecule has 2 aromatic rings. The second-order valence-corrected chi connectivity index (χ2v) is 8.46. The maximum absolute atomic E-state index is 12.6. The van der Waals surface area contributed by atoms with Crippen LogP contribution in [0.1, 0.15) is 28.3 Å². The Morgan fingerprint density at radius 3 is 2.96 bits per heavy atom. The summed E-state index contributed by atoms with van der Waals surface area (Å²) >= 11 is 1.53. The summed E-state index contributed by atoms with van der Waals surface area (Å²) in [7, 11) is 2.17. The number of amides is 1. The number of aryl methyl sites for hydroxylation is 1. The van der Waals surface area contributed by atoms with Gasteiger partial charge in [-0.3, -0.25) is 9.69 Å². The zero-order valence-corrected chi connectivity index (χ0v) is 16.0. The summed E-state index contributed by atoms with van der Waals surface area (Å²) in [6.07, 6.45) is 3.92. The SMILES string of the molecule is Cc1nc(C(=O)N2CC3(CC(COc4ccccn4)CCN3C)C2)cs1. The van der Waals surface area contributed by atoms with E-state index in [-0.39, 0.29) is 11.4 Å². The van der Waals surface area contributed by atoms with Gasteiger partial charge in [0, 0.05) is 30.7 Å². The van der Waals surface area contributed by atoms with Crippen LogP contribution in [0.3, 0.4) is 0 Å². The van der Waals surface area contributed by atoms with Crippen LogP contribution in [-0.4, -0.2) is 64.5 Å². The highest BCUT2D eigenvalue weighted by molar-refractivity contribution is 7.09. The van der Waals surface area contributed by atoms with Crippen molar-refractivity contribution >= 4 is 17.2 Å². The molecule has 2 aliphatic rings. The van der Waals surface area contributed by atoms with E-state index in [2.05, 4.69) is 21.9 Å². The molecule has 1 unspecified atom stereocenters. The van der Waals surface area contributed by atoms with Crippen molar-refractivity contribution < 1.29 is 9.53 Å². The van der Waals surface area contributed by atoms with Gasteiger partial charge in [-0.1, -0.05) is 6.07 Å². The maximum Gasteiger partial charge on any atom is 0.273 e. The van der Waals surface area contributed by atoms with Crippen molar-refractivity contribution in [3.05, 3.63) is 40.5 Å². The molecule has 0 saturated carbocycles. The van der Waals surface area contributed by atoms with Crippen LogP contribution in [0, 0.1) is 12.8 Å². The first kappa shape index (κ1) is 17.4. The van der Waals surface area contributed by atoms with Crippen LogP contribution in [0.15, 0.2) is 29.8 Å². The number of nitrogens with zero attached hydrogens (tertiary/aromatic N) is 4. The van der Waals surface area contributed by atoms with Crippen LogP contribution in [0.4, 0.5) is 0 Å². The Labute approximate surface area is 157 Å². The molecular weight excluding hydrogens is 348 g/mol. The van der Waals surface area contributed by atoms with Gasteiger partial charge in [-0.15, -0.1) is 11.3 Å². The summed E-state index contributed by atoms with van der Waals surface area (Å²) in [4.78, 5) is 25.5. The van der Waals surface area contributed by atoms with E-state index in [4.69, 9.17) is 4.74 Å². The smallest absolute Gasteiger partial charge is 0.273 e. The zero-order chi connectivity index (χ0) is 18.1. The van der Waals surface area contributed by atoms with Crippen molar-refractivity contribution in [2.24, 2.45) is 5.92 Å². The summed E-state index contributed by atoms with van der Waals surface area (Å²) in [6, 6.07) is 5.72. The third-order valence-electron chi connectivity index (χ3n) is 5.55.